The monoisotopic (exact) mass is 226 g/mol. The van der Waals surface area contributed by atoms with Crippen LogP contribution >= 0.6 is 11.8 Å². The molecule has 1 saturated heterocycles. The minimum Gasteiger partial charge on any atom is -0.384 e. The lowest BCUT2D eigenvalue weighted by atomic mass is 9.87. The summed E-state index contributed by atoms with van der Waals surface area (Å²) in [5.74, 6) is 0.676. The average molecular weight is 226 g/mol. The van der Waals surface area contributed by atoms with Gasteiger partial charge in [0.05, 0.1) is 0 Å². The van der Waals surface area contributed by atoms with E-state index < -0.39 is 5.60 Å². The summed E-state index contributed by atoms with van der Waals surface area (Å²) in [6.45, 7) is 3.85. The van der Waals surface area contributed by atoms with Crippen LogP contribution in [0.2, 0.25) is 0 Å². The number of halogens is 1. The summed E-state index contributed by atoms with van der Waals surface area (Å²) in [6, 6.07) is 4.82. The predicted octanol–water partition coefficient (Wildman–Crippen LogP) is 2.85. The molecule has 1 heterocycles. The highest BCUT2D eigenvalue weighted by atomic mass is 32.2. The lowest BCUT2D eigenvalue weighted by Gasteiger charge is -2.27. The second kappa shape index (κ2) is 3.80. The number of hydrogen-bond donors (Lipinski definition) is 1. The van der Waals surface area contributed by atoms with Crippen LogP contribution in [0.5, 0.6) is 0 Å². The Morgan fingerprint density at radius 1 is 1.47 bits per heavy atom. The summed E-state index contributed by atoms with van der Waals surface area (Å²) in [6.07, 6.45) is 0.710. The van der Waals surface area contributed by atoms with Gasteiger partial charge in [0.15, 0.2) is 0 Å². The summed E-state index contributed by atoms with van der Waals surface area (Å²) in [5.41, 5.74) is 0.734. The molecule has 0 saturated carbocycles. The van der Waals surface area contributed by atoms with Crippen molar-refractivity contribution in [2.45, 2.75) is 31.1 Å². The molecular formula is C12H15FOS. The Hall–Kier alpha value is -0.540. The van der Waals surface area contributed by atoms with E-state index in [1.54, 1.807) is 11.8 Å². The average Bonchev–Trinajstić information content (AvgIpc) is 2.47. The van der Waals surface area contributed by atoms with Gasteiger partial charge in [-0.2, -0.15) is 11.8 Å². The van der Waals surface area contributed by atoms with Crippen molar-refractivity contribution < 1.29 is 9.50 Å². The first-order chi connectivity index (χ1) is 7.02. The van der Waals surface area contributed by atoms with Gasteiger partial charge in [-0.3, -0.25) is 0 Å². The van der Waals surface area contributed by atoms with Gasteiger partial charge in [-0.15, -0.1) is 0 Å². The lowest BCUT2D eigenvalue weighted by Crippen LogP contribution is -2.31. The van der Waals surface area contributed by atoms with Crippen molar-refractivity contribution in [2.24, 2.45) is 0 Å². The Morgan fingerprint density at radius 3 is 2.73 bits per heavy atom. The van der Waals surface area contributed by atoms with Crippen LogP contribution in [0.1, 0.15) is 24.5 Å². The van der Waals surface area contributed by atoms with Crippen molar-refractivity contribution >= 4 is 11.8 Å². The van der Waals surface area contributed by atoms with E-state index >= 15 is 0 Å². The molecule has 1 fully saturated rings. The zero-order chi connectivity index (χ0) is 11.1. The molecule has 3 heteroatoms. The number of benzene rings is 1. The van der Waals surface area contributed by atoms with Gasteiger partial charge in [0.25, 0.3) is 0 Å². The molecule has 2 atom stereocenters. The molecule has 1 aliphatic heterocycles. The molecule has 0 aromatic heterocycles. The highest BCUT2D eigenvalue weighted by Crippen LogP contribution is 2.43. The van der Waals surface area contributed by atoms with Crippen LogP contribution in [0.3, 0.4) is 0 Å². The second-order valence-corrected chi connectivity index (χ2v) is 5.65. The molecule has 1 nitrogen and oxygen atoms in total. The Balaban J connectivity index is 2.44. The maximum absolute atomic E-state index is 13.3. The topological polar surface area (TPSA) is 20.2 Å². The first-order valence-corrected chi connectivity index (χ1v) is 6.19. The normalized spacial score (nSPS) is 30.8. The first kappa shape index (κ1) is 11.0. The van der Waals surface area contributed by atoms with Crippen molar-refractivity contribution in [3.8, 4) is 0 Å². The maximum atomic E-state index is 13.3. The van der Waals surface area contributed by atoms with E-state index in [9.17, 15) is 9.50 Å². The quantitative estimate of drug-likeness (QED) is 0.794. The van der Waals surface area contributed by atoms with Gasteiger partial charge in [0, 0.05) is 5.25 Å². The van der Waals surface area contributed by atoms with Gasteiger partial charge < -0.3 is 5.11 Å². The fourth-order valence-electron chi connectivity index (χ4n) is 2.10. The van der Waals surface area contributed by atoms with Gasteiger partial charge in [-0.1, -0.05) is 13.0 Å². The highest BCUT2D eigenvalue weighted by molar-refractivity contribution is 8.00. The van der Waals surface area contributed by atoms with Gasteiger partial charge in [0.2, 0.25) is 0 Å². The van der Waals surface area contributed by atoms with Crippen LogP contribution in [0.25, 0.3) is 0 Å². The molecule has 0 aliphatic carbocycles. The molecule has 0 bridgehead atoms. The van der Waals surface area contributed by atoms with Gasteiger partial charge in [-0.05, 0) is 42.4 Å². The highest BCUT2D eigenvalue weighted by Gasteiger charge is 2.40. The van der Waals surface area contributed by atoms with Crippen molar-refractivity contribution in [3.63, 3.8) is 0 Å². The van der Waals surface area contributed by atoms with Crippen LogP contribution in [-0.2, 0) is 5.60 Å². The Bertz CT molecular complexity index is 360. The van der Waals surface area contributed by atoms with E-state index in [2.05, 4.69) is 0 Å². The van der Waals surface area contributed by atoms with E-state index in [1.165, 1.54) is 12.1 Å². The fraction of sp³-hybridized carbons (Fsp3) is 0.500. The number of aryl methyl sites for hydroxylation is 1. The molecule has 1 aromatic rings. The van der Waals surface area contributed by atoms with Gasteiger partial charge in [-0.25, -0.2) is 4.39 Å². The smallest absolute Gasteiger partial charge is 0.123 e. The van der Waals surface area contributed by atoms with E-state index in [0.29, 0.717) is 6.42 Å². The Labute approximate surface area is 93.7 Å². The number of rotatable bonds is 1. The molecular weight excluding hydrogens is 211 g/mol. The summed E-state index contributed by atoms with van der Waals surface area (Å²) >= 11 is 1.74. The van der Waals surface area contributed by atoms with Crippen LogP contribution in [0.4, 0.5) is 4.39 Å². The van der Waals surface area contributed by atoms with Crippen LogP contribution in [0.15, 0.2) is 18.2 Å². The van der Waals surface area contributed by atoms with E-state index in [4.69, 9.17) is 0 Å². The summed E-state index contributed by atoms with van der Waals surface area (Å²) < 4.78 is 13.3. The third-order valence-corrected chi connectivity index (χ3v) is 4.40. The van der Waals surface area contributed by atoms with Crippen molar-refractivity contribution in [3.05, 3.63) is 35.1 Å². The van der Waals surface area contributed by atoms with Crippen molar-refractivity contribution in [1.29, 1.82) is 0 Å². The summed E-state index contributed by atoms with van der Waals surface area (Å²) in [5, 5.41) is 10.6. The third kappa shape index (κ3) is 1.91. The number of thioether (sulfide) groups is 1. The second-order valence-electron chi connectivity index (χ2n) is 4.20. The third-order valence-electron chi connectivity index (χ3n) is 3.07. The van der Waals surface area contributed by atoms with Crippen LogP contribution in [-0.4, -0.2) is 16.1 Å². The number of hydrogen-bond acceptors (Lipinski definition) is 2. The van der Waals surface area contributed by atoms with E-state index in [0.717, 1.165) is 16.9 Å². The fourth-order valence-corrected chi connectivity index (χ4v) is 3.41. The first-order valence-electron chi connectivity index (χ1n) is 5.14. The zero-order valence-electron chi connectivity index (χ0n) is 8.96. The summed E-state index contributed by atoms with van der Waals surface area (Å²) in [4.78, 5) is 0. The maximum Gasteiger partial charge on any atom is 0.123 e. The van der Waals surface area contributed by atoms with Crippen molar-refractivity contribution in [2.75, 3.05) is 5.75 Å². The van der Waals surface area contributed by atoms with E-state index in [1.807, 2.05) is 19.9 Å². The molecule has 1 aromatic carbocycles. The van der Waals surface area contributed by atoms with E-state index in [-0.39, 0.29) is 11.1 Å². The molecule has 1 aliphatic rings. The predicted molar refractivity (Wildman–Crippen MR) is 61.6 cm³/mol. The minimum atomic E-state index is -0.850. The lowest BCUT2D eigenvalue weighted by molar-refractivity contribution is 0.0423. The minimum absolute atomic E-state index is 0.138. The molecule has 82 valence electrons. The zero-order valence-corrected chi connectivity index (χ0v) is 9.77. The molecule has 15 heavy (non-hydrogen) atoms. The molecule has 2 rings (SSSR count). The number of aliphatic hydroxyl groups is 1. The van der Waals surface area contributed by atoms with Crippen LogP contribution < -0.4 is 0 Å². The van der Waals surface area contributed by atoms with Gasteiger partial charge in [0.1, 0.15) is 11.4 Å². The molecule has 0 spiro atoms. The molecule has 0 amide bonds. The Kier molecular flexibility index (Phi) is 2.77. The van der Waals surface area contributed by atoms with Gasteiger partial charge >= 0.3 is 0 Å². The Morgan fingerprint density at radius 2 is 2.20 bits per heavy atom. The SMILES string of the molecule is Cc1cc(F)cc(C2(O)CCSC2C)c1. The molecule has 0 radical (unpaired) electrons. The standard InChI is InChI=1S/C12H15FOS/c1-8-5-10(7-11(13)6-8)12(14)3-4-15-9(12)2/h5-7,9,14H,3-4H2,1-2H3. The molecule has 1 N–H and O–H groups in total. The van der Waals surface area contributed by atoms with Crippen LogP contribution in [0, 0.1) is 12.7 Å². The largest absolute Gasteiger partial charge is 0.384 e. The molecule has 2 unspecified atom stereocenters. The van der Waals surface area contributed by atoms with Crippen molar-refractivity contribution in [1.82, 2.24) is 0 Å². The summed E-state index contributed by atoms with van der Waals surface area (Å²) in [7, 11) is 0.